The number of benzene rings is 1. The van der Waals surface area contributed by atoms with Crippen molar-refractivity contribution < 1.29 is 9.47 Å². The lowest BCUT2D eigenvalue weighted by molar-refractivity contribution is 0.0269. The summed E-state index contributed by atoms with van der Waals surface area (Å²) in [6, 6.07) is 8.38. The summed E-state index contributed by atoms with van der Waals surface area (Å²) in [6.07, 6.45) is 3.36. The Morgan fingerprint density at radius 2 is 2.12 bits per heavy atom. The second-order valence-corrected chi connectivity index (χ2v) is 5.34. The normalized spacial score (nSPS) is 18.9. The third-order valence-corrected chi connectivity index (χ3v) is 4.74. The molecule has 0 saturated carbocycles. The van der Waals surface area contributed by atoms with E-state index in [-0.39, 0.29) is 0 Å². The highest BCUT2D eigenvalue weighted by Crippen LogP contribution is 2.36. The highest BCUT2D eigenvalue weighted by molar-refractivity contribution is 9.09. The molecule has 0 spiro atoms. The topological polar surface area (TPSA) is 18.5 Å². The minimum Gasteiger partial charge on any atom is -0.497 e. The summed E-state index contributed by atoms with van der Waals surface area (Å²) in [5.41, 5.74) is 1.70. The molecule has 2 nitrogen and oxygen atoms in total. The van der Waals surface area contributed by atoms with Crippen LogP contribution in [0.25, 0.3) is 0 Å². The van der Waals surface area contributed by atoms with Crippen molar-refractivity contribution in [2.24, 2.45) is 5.41 Å². The molecule has 1 aromatic rings. The van der Waals surface area contributed by atoms with Crippen molar-refractivity contribution in [2.75, 3.05) is 25.7 Å². The minimum absolute atomic E-state index is 0.352. The molecular weight excluding hydrogens is 280 g/mol. The quantitative estimate of drug-likeness (QED) is 0.793. The fraction of sp³-hybridized carbons (Fsp3) is 0.571. The van der Waals surface area contributed by atoms with Crippen LogP contribution in [0.5, 0.6) is 5.75 Å². The van der Waals surface area contributed by atoms with Crippen molar-refractivity contribution in [3.63, 3.8) is 0 Å². The average Bonchev–Trinajstić information content (AvgIpc) is 2.40. The van der Waals surface area contributed by atoms with Gasteiger partial charge in [0.1, 0.15) is 5.75 Å². The first-order chi connectivity index (χ1) is 8.28. The van der Waals surface area contributed by atoms with E-state index in [4.69, 9.17) is 9.47 Å². The first-order valence-corrected chi connectivity index (χ1v) is 7.17. The number of rotatable bonds is 4. The van der Waals surface area contributed by atoms with Crippen molar-refractivity contribution >= 4 is 15.9 Å². The lowest BCUT2D eigenvalue weighted by Gasteiger charge is -2.35. The van der Waals surface area contributed by atoms with E-state index in [0.717, 1.165) is 43.6 Å². The Kier molecular flexibility index (Phi) is 4.46. The van der Waals surface area contributed by atoms with E-state index in [1.807, 2.05) is 6.07 Å². The van der Waals surface area contributed by atoms with Crippen LogP contribution in [0.15, 0.2) is 24.3 Å². The second-order valence-electron chi connectivity index (χ2n) is 4.77. The Bertz CT molecular complexity index is 359. The summed E-state index contributed by atoms with van der Waals surface area (Å²) in [6.45, 7) is 1.77. The lowest BCUT2D eigenvalue weighted by atomic mass is 9.77. The first-order valence-electron chi connectivity index (χ1n) is 6.05. The molecule has 1 aliphatic rings. The van der Waals surface area contributed by atoms with Gasteiger partial charge in [0, 0.05) is 18.5 Å². The van der Waals surface area contributed by atoms with E-state index in [0.29, 0.717) is 5.41 Å². The van der Waals surface area contributed by atoms with Gasteiger partial charge in [-0.3, -0.25) is 0 Å². The molecule has 1 aromatic carbocycles. The fourth-order valence-electron chi connectivity index (χ4n) is 2.38. The molecule has 0 aromatic heterocycles. The van der Waals surface area contributed by atoms with Crippen LogP contribution in [0.2, 0.25) is 0 Å². The van der Waals surface area contributed by atoms with Crippen LogP contribution in [-0.2, 0) is 11.2 Å². The van der Waals surface area contributed by atoms with Crippen LogP contribution < -0.4 is 4.74 Å². The van der Waals surface area contributed by atoms with E-state index in [9.17, 15) is 0 Å². The van der Waals surface area contributed by atoms with Crippen LogP contribution in [0.3, 0.4) is 0 Å². The molecule has 1 fully saturated rings. The lowest BCUT2D eigenvalue weighted by Crippen LogP contribution is -2.33. The molecular formula is C14H19BrO2. The predicted octanol–water partition coefficient (Wildman–Crippen LogP) is 3.43. The molecule has 0 aliphatic carbocycles. The van der Waals surface area contributed by atoms with Gasteiger partial charge >= 0.3 is 0 Å². The zero-order valence-corrected chi connectivity index (χ0v) is 11.8. The molecule has 3 heteroatoms. The van der Waals surface area contributed by atoms with Gasteiger partial charge in [-0.2, -0.15) is 0 Å². The smallest absolute Gasteiger partial charge is 0.119 e. The molecule has 1 saturated heterocycles. The summed E-state index contributed by atoms with van der Waals surface area (Å²) < 4.78 is 10.7. The number of ether oxygens (including phenoxy) is 2. The van der Waals surface area contributed by atoms with E-state index in [2.05, 4.69) is 34.1 Å². The zero-order chi connectivity index (χ0) is 12.1. The third-order valence-electron chi connectivity index (χ3n) is 3.55. The van der Waals surface area contributed by atoms with E-state index in [1.165, 1.54) is 5.56 Å². The molecule has 1 heterocycles. The summed E-state index contributed by atoms with van der Waals surface area (Å²) >= 11 is 3.67. The van der Waals surface area contributed by atoms with Gasteiger partial charge in [-0.1, -0.05) is 28.1 Å². The second kappa shape index (κ2) is 5.87. The van der Waals surface area contributed by atoms with E-state index >= 15 is 0 Å². The van der Waals surface area contributed by atoms with Gasteiger partial charge in [0.25, 0.3) is 0 Å². The summed E-state index contributed by atoms with van der Waals surface area (Å²) in [5.74, 6) is 0.944. The molecule has 0 atom stereocenters. The number of halogens is 1. The molecule has 0 amide bonds. The fourth-order valence-corrected chi connectivity index (χ4v) is 3.14. The molecule has 17 heavy (non-hydrogen) atoms. The van der Waals surface area contributed by atoms with Crippen molar-refractivity contribution in [1.29, 1.82) is 0 Å². The predicted molar refractivity (Wildman–Crippen MR) is 73.0 cm³/mol. The van der Waals surface area contributed by atoms with Crippen LogP contribution in [0, 0.1) is 5.41 Å². The summed E-state index contributed by atoms with van der Waals surface area (Å²) in [4.78, 5) is 0. The van der Waals surface area contributed by atoms with Crippen molar-refractivity contribution in [1.82, 2.24) is 0 Å². The Balaban J connectivity index is 2.11. The Labute approximate surface area is 111 Å². The van der Waals surface area contributed by atoms with E-state index < -0.39 is 0 Å². The van der Waals surface area contributed by atoms with Gasteiger partial charge in [0.05, 0.1) is 7.11 Å². The van der Waals surface area contributed by atoms with Gasteiger partial charge in [0.15, 0.2) is 0 Å². The SMILES string of the molecule is COc1cccc(CC2(CBr)CCOCC2)c1. The minimum atomic E-state index is 0.352. The number of hydrogen-bond acceptors (Lipinski definition) is 2. The maximum atomic E-state index is 5.46. The standard InChI is InChI=1S/C14H19BrO2/c1-16-13-4-2-3-12(9-13)10-14(11-15)5-7-17-8-6-14/h2-4,9H,5-8,10-11H2,1H3. The highest BCUT2D eigenvalue weighted by Gasteiger charge is 2.31. The van der Waals surface area contributed by atoms with Crippen LogP contribution in [0.1, 0.15) is 18.4 Å². The first kappa shape index (κ1) is 12.9. The average molecular weight is 299 g/mol. The van der Waals surface area contributed by atoms with Gasteiger partial charge in [-0.15, -0.1) is 0 Å². The molecule has 0 bridgehead atoms. The number of alkyl halides is 1. The van der Waals surface area contributed by atoms with Crippen molar-refractivity contribution in [3.8, 4) is 5.75 Å². The van der Waals surface area contributed by atoms with E-state index in [1.54, 1.807) is 7.11 Å². The summed E-state index contributed by atoms with van der Waals surface area (Å²) in [5, 5.41) is 1.04. The van der Waals surface area contributed by atoms with Crippen molar-refractivity contribution in [2.45, 2.75) is 19.3 Å². The Hall–Kier alpha value is -0.540. The molecule has 94 valence electrons. The Morgan fingerprint density at radius 3 is 2.76 bits per heavy atom. The van der Waals surface area contributed by atoms with Crippen LogP contribution >= 0.6 is 15.9 Å². The largest absolute Gasteiger partial charge is 0.497 e. The van der Waals surface area contributed by atoms with Crippen LogP contribution in [-0.4, -0.2) is 25.7 Å². The summed E-state index contributed by atoms with van der Waals surface area (Å²) in [7, 11) is 1.72. The zero-order valence-electron chi connectivity index (χ0n) is 10.2. The van der Waals surface area contributed by atoms with Gasteiger partial charge in [-0.25, -0.2) is 0 Å². The molecule has 0 radical (unpaired) electrons. The monoisotopic (exact) mass is 298 g/mol. The molecule has 1 aliphatic heterocycles. The van der Waals surface area contributed by atoms with Crippen LogP contribution in [0.4, 0.5) is 0 Å². The highest BCUT2D eigenvalue weighted by atomic mass is 79.9. The van der Waals surface area contributed by atoms with Gasteiger partial charge in [-0.05, 0) is 42.4 Å². The molecule has 0 unspecified atom stereocenters. The number of hydrogen-bond donors (Lipinski definition) is 0. The van der Waals surface area contributed by atoms with Gasteiger partial charge < -0.3 is 9.47 Å². The third kappa shape index (κ3) is 3.23. The maximum absolute atomic E-state index is 5.46. The molecule has 0 N–H and O–H groups in total. The molecule has 2 rings (SSSR count). The number of methoxy groups -OCH3 is 1. The van der Waals surface area contributed by atoms with Crippen molar-refractivity contribution in [3.05, 3.63) is 29.8 Å². The maximum Gasteiger partial charge on any atom is 0.119 e. The Morgan fingerprint density at radius 1 is 1.35 bits per heavy atom. The van der Waals surface area contributed by atoms with Gasteiger partial charge in [0.2, 0.25) is 0 Å².